The molecule has 30 heavy (non-hydrogen) atoms. The van der Waals surface area contributed by atoms with Crippen LogP contribution < -0.4 is 0 Å². The quantitative estimate of drug-likeness (QED) is 0.666. The highest BCUT2D eigenvalue weighted by Gasteiger charge is 2.46. The predicted octanol–water partition coefficient (Wildman–Crippen LogP) is 5.42. The number of furan rings is 1. The van der Waals surface area contributed by atoms with E-state index in [1.165, 1.54) is 25.9 Å². The standard InChI is InChI=1S/C26H31NO3/c1-4-26(29-16-15-27-13-7-8-14-27)12-11-18-20(17-26)25(2,3)24-22(23(18)28)19-9-5-6-10-21(19)30-24/h5-6,9-12H,4,7-8,13-17H2,1-3H3. The lowest BCUT2D eigenvalue weighted by atomic mass is 9.65. The third kappa shape index (κ3) is 3.00. The first-order chi connectivity index (χ1) is 14.5. The third-order valence-corrected chi connectivity index (χ3v) is 7.34. The van der Waals surface area contributed by atoms with E-state index in [0.29, 0.717) is 0 Å². The molecule has 4 nitrogen and oxygen atoms in total. The third-order valence-electron chi connectivity index (χ3n) is 7.34. The number of hydrogen-bond donors (Lipinski definition) is 0. The van der Waals surface area contributed by atoms with Crippen LogP contribution in [0.1, 0.15) is 62.6 Å². The summed E-state index contributed by atoms with van der Waals surface area (Å²) < 4.78 is 12.8. The molecule has 4 heteroatoms. The number of allylic oxidation sites excluding steroid dienone is 2. The Morgan fingerprint density at radius 1 is 1.17 bits per heavy atom. The molecule has 2 aliphatic carbocycles. The molecule has 1 aromatic heterocycles. The minimum Gasteiger partial charge on any atom is -0.459 e. The number of carbonyl (C=O) groups excluding carboxylic acids is 1. The van der Waals surface area contributed by atoms with Gasteiger partial charge in [0.05, 0.1) is 17.8 Å². The topological polar surface area (TPSA) is 42.7 Å². The van der Waals surface area contributed by atoms with Crippen LogP contribution in [0.2, 0.25) is 0 Å². The van der Waals surface area contributed by atoms with Crippen LogP contribution in [0.3, 0.4) is 0 Å². The smallest absolute Gasteiger partial charge is 0.197 e. The van der Waals surface area contributed by atoms with E-state index < -0.39 is 0 Å². The Labute approximate surface area is 178 Å². The second kappa shape index (κ2) is 7.21. The highest BCUT2D eigenvalue weighted by atomic mass is 16.5. The van der Waals surface area contributed by atoms with Crippen molar-refractivity contribution in [3.05, 3.63) is 58.9 Å². The van der Waals surface area contributed by atoms with Gasteiger partial charge in [-0.3, -0.25) is 4.79 Å². The van der Waals surface area contributed by atoms with Gasteiger partial charge in [0.15, 0.2) is 5.78 Å². The number of para-hydroxylation sites is 1. The van der Waals surface area contributed by atoms with Gasteiger partial charge in [-0.1, -0.05) is 37.3 Å². The predicted molar refractivity (Wildman–Crippen MR) is 119 cm³/mol. The minimum atomic E-state index is -0.348. The Morgan fingerprint density at radius 2 is 1.93 bits per heavy atom. The number of Topliss-reactive ketones (excluding diaryl/α,β-unsaturated/α-hetero) is 1. The molecule has 1 fully saturated rings. The summed E-state index contributed by atoms with van der Waals surface area (Å²) in [6.45, 7) is 10.6. The van der Waals surface area contributed by atoms with Gasteiger partial charge in [-0.15, -0.1) is 0 Å². The zero-order valence-corrected chi connectivity index (χ0v) is 18.3. The molecule has 0 spiro atoms. The van der Waals surface area contributed by atoms with E-state index in [2.05, 4.69) is 31.7 Å². The van der Waals surface area contributed by atoms with Gasteiger partial charge in [-0.05, 0) is 57.8 Å². The fourth-order valence-electron chi connectivity index (χ4n) is 5.37. The molecular weight excluding hydrogens is 374 g/mol. The Balaban J connectivity index is 1.46. The number of hydrogen-bond acceptors (Lipinski definition) is 4. The number of likely N-dealkylation sites (tertiary alicyclic amines) is 1. The van der Waals surface area contributed by atoms with E-state index in [1.54, 1.807) is 0 Å². The van der Waals surface area contributed by atoms with Crippen molar-refractivity contribution in [2.75, 3.05) is 26.2 Å². The molecule has 2 heterocycles. The molecule has 5 rings (SSSR count). The Hall–Kier alpha value is -2.17. The molecule has 0 radical (unpaired) electrons. The summed E-state index contributed by atoms with van der Waals surface area (Å²) in [6, 6.07) is 7.86. The van der Waals surface area contributed by atoms with Crippen LogP contribution in [0.4, 0.5) is 0 Å². The molecule has 0 saturated carbocycles. The maximum atomic E-state index is 13.5. The van der Waals surface area contributed by atoms with Gasteiger partial charge in [0, 0.05) is 29.3 Å². The fraction of sp³-hybridized carbons (Fsp3) is 0.500. The van der Waals surface area contributed by atoms with Gasteiger partial charge in [0.2, 0.25) is 0 Å². The summed E-state index contributed by atoms with van der Waals surface area (Å²) in [5.74, 6) is 0.882. The normalized spacial score (nSPS) is 25.8. The molecule has 2 aromatic rings. The number of ketones is 1. The molecule has 3 aliphatic rings. The van der Waals surface area contributed by atoms with Crippen LogP contribution in [0.25, 0.3) is 11.0 Å². The van der Waals surface area contributed by atoms with Crippen LogP contribution in [0.5, 0.6) is 0 Å². The van der Waals surface area contributed by atoms with E-state index in [1.807, 2.05) is 30.3 Å². The molecule has 158 valence electrons. The van der Waals surface area contributed by atoms with Crippen molar-refractivity contribution in [2.24, 2.45) is 0 Å². The molecule has 1 atom stereocenters. The molecule has 1 unspecified atom stereocenters. The van der Waals surface area contributed by atoms with Crippen molar-refractivity contribution in [3.8, 4) is 0 Å². The number of ether oxygens (including phenoxy) is 1. The lowest BCUT2D eigenvalue weighted by Gasteiger charge is -2.41. The molecular formula is C26H31NO3. The van der Waals surface area contributed by atoms with Crippen molar-refractivity contribution in [1.82, 2.24) is 4.90 Å². The number of fused-ring (bicyclic) bond motifs is 3. The SMILES string of the molecule is CCC1(OCCN2CCCC2)C=CC2=C(C1)C(C)(C)c1oc3ccccc3c1C2=O. The molecule has 1 aromatic carbocycles. The Bertz CT molecular complexity index is 1050. The zero-order valence-electron chi connectivity index (χ0n) is 18.3. The fourth-order valence-corrected chi connectivity index (χ4v) is 5.37. The van der Waals surface area contributed by atoms with Crippen molar-refractivity contribution in [2.45, 2.75) is 57.5 Å². The average molecular weight is 406 g/mol. The molecule has 1 aliphatic heterocycles. The van der Waals surface area contributed by atoms with Crippen LogP contribution in [-0.4, -0.2) is 42.5 Å². The van der Waals surface area contributed by atoms with Crippen molar-refractivity contribution < 1.29 is 13.9 Å². The summed E-state index contributed by atoms with van der Waals surface area (Å²) in [6.07, 6.45) is 8.38. The lowest BCUT2D eigenvalue weighted by molar-refractivity contribution is -0.0215. The average Bonchev–Trinajstić information content (AvgIpc) is 3.40. The Kier molecular flexibility index (Phi) is 4.75. The first kappa shape index (κ1) is 19.8. The number of nitrogens with zero attached hydrogens (tertiary/aromatic N) is 1. The van der Waals surface area contributed by atoms with Crippen LogP contribution in [0, 0.1) is 0 Å². The van der Waals surface area contributed by atoms with E-state index in [-0.39, 0.29) is 16.8 Å². The highest BCUT2D eigenvalue weighted by molar-refractivity contribution is 6.20. The second-order valence-electron chi connectivity index (χ2n) is 9.47. The summed E-state index contributed by atoms with van der Waals surface area (Å²) in [5.41, 5.74) is 2.80. The van der Waals surface area contributed by atoms with Crippen LogP contribution >= 0.6 is 0 Å². The minimum absolute atomic E-state index is 0.0855. The number of rotatable bonds is 5. The van der Waals surface area contributed by atoms with Crippen molar-refractivity contribution in [1.29, 1.82) is 0 Å². The first-order valence-corrected chi connectivity index (χ1v) is 11.3. The van der Waals surface area contributed by atoms with Crippen LogP contribution in [-0.2, 0) is 10.2 Å². The van der Waals surface area contributed by atoms with Crippen molar-refractivity contribution >= 4 is 16.8 Å². The summed E-state index contributed by atoms with van der Waals surface area (Å²) in [5, 5.41) is 0.916. The highest BCUT2D eigenvalue weighted by Crippen LogP contribution is 2.50. The summed E-state index contributed by atoms with van der Waals surface area (Å²) in [4.78, 5) is 16.0. The summed E-state index contributed by atoms with van der Waals surface area (Å²) in [7, 11) is 0. The Morgan fingerprint density at radius 3 is 2.70 bits per heavy atom. The summed E-state index contributed by atoms with van der Waals surface area (Å²) >= 11 is 0. The maximum Gasteiger partial charge on any atom is 0.197 e. The number of benzene rings is 1. The monoisotopic (exact) mass is 405 g/mol. The van der Waals surface area contributed by atoms with E-state index in [4.69, 9.17) is 9.15 Å². The van der Waals surface area contributed by atoms with E-state index >= 15 is 0 Å². The molecule has 0 bridgehead atoms. The second-order valence-corrected chi connectivity index (χ2v) is 9.47. The van der Waals surface area contributed by atoms with E-state index in [9.17, 15) is 4.79 Å². The van der Waals surface area contributed by atoms with Crippen molar-refractivity contribution in [3.63, 3.8) is 0 Å². The van der Waals surface area contributed by atoms with E-state index in [0.717, 1.165) is 59.4 Å². The maximum absolute atomic E-state index is 13.5. The van der Waals surface area contributed by atoms with Crippen LogP contribution in [0.15, 0.2) is 52.0 Å². The first-order valence-electron chi connectivity index (χ1n) is 11.3. The van der Waals surface area contributed by atoms with Gasteiger partial charge in [0.1, 0.15) is 11.3 Å². The largest absolute Gasteiger partial charge is 0.459 e. The molecule has 1 saturated heterocycles. The van der Waals surface area contributed by atoms with Gasteiger partial charge in [-0.25, -0.2) is 0 Å². The number of carbonyl (C=O) groups is 1. The zero-order chi connectivity index (χ0) is 20.9. The van der Waals surface area contributed by atoms with Gasteiger partial charge < -0.3 is 14.1 Å². The van der Waals surface area contributed by atoms with Gasteiger partial charge in [0.25, 0.3) is 0 Å². The lowest BCUT2D eigenvalue weighted by Crippen LogP contribution is -2.41. The molecule has 0 amide bonds. The molecule has 0 N–H and O–H groups in total. The van der Waals surface area contributed by atoms with Gasteiger partial charge >= 0.3 is 0 Å². The van der Waals surface area contributed by atoms with Gasteiger partial charge in [-0.2, -0.15) is 0 Å².